The van der Waals surface area contributed by atoms with Crippen LogP contribution in [0.4, 0.5) is 4.39 Å². The maximum atomic E-state index is 13.6. The van der Waals surface area contributed by atoms with Crippen LogP contribution >= 0.6 is 15.9 Å². The van der Waals surface area contributed by atoms with Gasteiger partial charge in [-0.25, -0.2) is 9.37 Å². The SMILES string of the molecule is CC1CC(N(Cc2ccc(F)c(Br)c2)C(=O)c2cn(C)cn2)CC(C)O1. The zero-order valence-electron chi connectivity index (χ0n) is 15.2. The maximum absolute atomic E-state index is 13.6. The highest BCUT2D eigenvalue weighted by molar-refractivity contribution is 9.10. The first kappa shape index (κ1) is 19.0. The first-order valence-electron chi connectivity index (χ1n) is 8.71. The Morgan fingerprint density at radius 2 is 2.08 bits per heavy atom. The number of hydrogen-bond acceptors (Lipinski definition) is 3. The summed E-state index contributed by atoms with van der Waals surface area (Å²) in [6.45, 7) is 4.46. The van der Waals surface area contributed by atoms with Gasteiger partial charge in [-0.2, -0.15) is 0 Å². The number of aromatic nitrogens is 2. The van der Waals surface area contributed by atoms with Crippen LogP contribution in [0.5, 0.6) is 0 Å². The Labute approximate surface area is 161 Å². The average molecular weight is 424 g/mol. The second-order valence-corrected chi connectivity index (χ2v) is 7.84. The molecule has 0 saturated carbocycles. The van der Waals surface area contributed by atoms with Gasteiger partial charge in [0.1, 0.15) is 11.5 Å². The van der Waals surface area contributed by atoms with Gasteiger partial charge in [-0.1, -0.05) is 6.07 Å². The number of amides is 1. The molecule has 140 valence electrons. The molecule has 26 heavy (non-hydrogen) atoms. The molecule has 0 N–H and O–H groups in total. The molecule has 2 aromatic rings. The van der Waals surface area contributed by atoms with E-state index in [1.54, 1.807) is 29.2 Å². The Kier molecular flexibility index (Phi) is 5.77. The topological polar surface area (TPSA) is 47.4 Å². The van der Waals surface area contributed by atoms with E-state index in [1.165, 1.54) is 6.07 Å². The van der Waals surface area contributed by atoms with Crippen molar-refractivity contribution >= 4 is 21.8 Å². The van der Waals surface area contributed by atoms with Crippen LogP contribution in [-0.2, 0) is 18.3 Å². The van der Waals surface area contributed by atoms with Crippen molar-refractivity contribution in [2.75, 3.05) is 0 Å². The number of ether oxygens (including phenoxy) is 1. The molecule has 2 unspecified atom stereocenters. The van der Waals surface area contributed by atoms with Crippen LogP contribution in [0.15, 0.2) is 35.2 Å². The molecule has 1 aromatic heterocycles. The summed E-state index contributed by atoms with van der Waals surface area (Å²) in [6.07, 6.45) is 5.05. The van der Waals surface area contributed by atoms with E-state index in [1.807, 2.05) is 25.8 Å². The highest BCUT2D eigenvalue weighted by atomic mass is 79.9. The number of rotatable bonds is 4. The lowest BCUT2D eigenvalue weighted by Crippen LogP contribution is -2.46. The fraction of sp³-hybridized carbons (Fsp3) is 0.474. The predicted octanol–water partition coefficient (Wildman–Crippen LogP) is 3.92. The molecular weight excluding hydrogens is 401 g/mol. The molecule has 1 saturated heterocycles. The molecule has 1 fully saturated rings. The van der Waals surface area contributed by atoms with Gasteiger partial charge >= 0.3 is 0 Å². The van der Waals surface area contributed by atoms with Crippen LogP contribution in [0.2, 0.25) is 0 Å². The number of nitrogens with zero attached hydrogens (tertiary/aromatic N) is 3. The third-order valence-corrected chi connectivity index (χ3v) is 5.24. The van der Waals surface area contributed by atoms with E-state index in [-0.39, 0.29) is 30.0 Å². The molecule has 5 nitrogen and oxygen atoms in total. The molecule has 0 radical (unpaired) electrons. The summed E-state index contributed by atoms with van der Waals surface area (Å²) in [5.74, 6) is -0.429. The van der Waals surface area contributed by atoms with Crippen LogP contribution < -0.4 is 0 Å². The smallest absolute Gasteiger partial charge is 0.274 e. The summed E-state index contributed by atoms with van der Waals surface area (Å²) in [4.78, 5) is 19.2. The lowest BCUT2D eigenvalue weighted by atomic mass is 9.97. The summed E-state index contributed by atoms with van der Waals surface area (Å²) in [7, 11) is 1.84. The van der Waals surface area contributed by atoms with Gasteiger partial charge in [0.2, 0.25) is 0 Å². The van der Waals surface area contributed by atoms with Crippen LogP contribution in [0.3, 0.4) is 0 Å². The van der Waals surface area contributed by atoms with Crippen molar-refractivity contribution in [3.8, 4) is 0 Å². The first-order chi connectivity index (χ1) is 12.3. The van der Waals surface area contributed by atoms with Crippen molar-refractivity contribution in [3.05, 3.63) is 52.3 Å². The zero-order chi connectivity index (χ0) is 18.8. The van der Waals surface area contributed by atoms with Gasteiger partial charge < -0.3 is 14.2 Å². The minimum atomic E-state index is -0.315. The summed E-state index contributed by atoms with van der Waals surface area (Å²) in [5.41, 5.74) is 1.29. The van der Waals surface area contributed by atoms with E-state index in [0.717, 1.165) is 18.4 Å². The van der Waals surface area contributed by atoms with Crippen molar-refractivity contribution in [2.45, 2.75) is 51.5 Å². The molecule has 1 aliphatic heterocycles. The number of carbonyl (C=O) groups excluding carboxylic acids is 1. The minimum Gasteiger partial charge on any atom is -0.375 e. The molecule has 0 bridgehead atoms. The van der Waals surface area contributed by atoms with E-state index in [0.29, 0.717) is 16.7 Å². The van der Waals surface area contributed by atoms with Gasteiger partial charge in [0.05, 0.1) is 23.0 Å². The van der Waals surface area contributed by atoms with Crippen molar-refractivity contribution in [1.29, 1.82) is 0 Å². The zero-order valence-corrected chi connectivity index (χ0v) is 16.7. The Balaban J connectivity index is 1.89. The van der Waals surface area contributed by atoms with E-state index in [2.05, 4.69) is 20.9 Å². The highest BCUT2D eigenvalue weighted by Gasteiger charge is 2.33. The van der Waals surface area contributed by atoms with E-state index >= 15 is 0 Å². The van der Waals surface area contributed by atoms with E-state index in [9.17, 15) is 9.18 Å². The normalized spacial score (nSPS) is 23.0. The first-order valence-corrected chi connectivity index (χ1v) is 9.51. The molecule has 0 aliphatic carbocycles. The number of hydrogen-bond donors (Lipinski definition) is 0. The summed E-state index contributed by atoms with van der Waals surface area (Å²) in [6, 6.07) is 4.90. The lowest BCUT2D eigenvalue weighted by molar-refractivity contribution is -0.0612. The molecule has 2 atom stereocenters. The van der Waals surface area contributed by atoms with Gasteiger partial charge in [-0.3, -0.25) is 4.79 Å². The van der Waals surface area contributed by atoms with E-state index in [4.69, 9.17) is 4.74 Å². The van der Waals surface area contributed by atoms with Gasteiger partial charge in [0.15, 0.2) is 0 Å². The van der Waals surface area contributed by atoms with Gasteiger partial charge in [-0.15, -0.1) is 0 Å². The van der Waals surface area contributed by atoms with Gasteiger partial charge in [0, 0.05) is 25.8 Å². The number of carbonyl (C=O) groups is 1. The quantitative estimate of drug-likeness (QED) is 0.748. The van der Waals surface area contributed by atoms with Crippen molar-refractivity contribution in [3.63, 3.8) is 0 Å². The number of benzene rings is 1. The average Bonchev–Trinajstić information content (AvgIpc) is 3.01. The molecule has 2 heterocycles. The molecule has 1 amide bonds. The molecule has 3 rings (SSSR count). The van der Waals surface area contributed by atoms with Gasteiger partial charge in [-0.05, 0) is 60.3 Å². The Morgan fingerprint density at radius 3 is 2.65 bits per heavy atom. The van der Waals surface area contributed by atoms with E-state index < -0.39 is 0 Å². The lowest BCUT2D eigenvalue weighted by Gasteiger charge is -2.39. The fourth-order valence-corrected chi connectivity index (χ4v) is 3.92. The largest absolute Gasteiger partial charge is 0.375 e. The van der Waals surface area contributed by atoms with Crippen molar-refractivity contribution in [2.24, 2.45) is 7.05 Å². The molecule has 1 aliphatic rings. The highest BCUT2D eigenvalue weighted by Crippen LogP contribution is 2.27. The Hall–Kier alpha value is -1.73. The Morgan fingerprint density at radius 1 is 1.38 bits per heavy atom. The number of halogens is 2. The van der Waals surface area contributed by atoms with Gasteiger partial charge in [0.25, 0.3) is 5.91 Å². The van der Waals surface area contributed by atoms with Crippen LogP contribution in [0.1, 0.15) is 42.7 Å². The third-order valence-electron chi connectivity index (χ3n) is 4.64. The predicted molar refractivity (Wildman–Crippen MR) is 100 cm³/mol. The maximum Gasteiger partial charge on any atom is 0.274 e. The summed E-state index contributed by atoms with van der Waals surface area (Å²) < 4.78 is 21.5. The van der Waals surface area contributed by atoms with Crippen molar-refractivity contribution in [1.82, 2.24) is 14.5 Å². The molecule has 7 heteroatoms. The van der Waals surface area contributed by atoms with Crippen LogP contribution in [0, 0.1) is 5.82 Å². The summed E-state index contributed by atoms with van der Waals surface area (Å²) in [5, 5.41) is 0. The van der Waals surface area contributed by atoms with Crippen LogP contribution in [-0.4, -0.2) is 38.6 Å². The second-order valence-electron chi connectivity index (χ2n) is 6.99. The summed E-state index contributed by atoms with van der Waals surface area (Å²) >= 11 is 3.22. The second kappa shape index (κ2) is 7.88. The molecular formula is C19H23BrFN3O2. The van der Waals surface area contributed by atoms with Crippen molar-refractivity contribution < 1.29 is 13.9 Å². The number of aryl methyl sites for hydroxylation is 1. The minimum absolute atomic E-state index is 0.0482. The monoisotopic (exact) mass is 423 g/mol. The molecule has 0 spiro atoms. The Bertz CT molecular complexity index is 785. The van der Waals surface area contributed by atoms with Crippen LogP contribution in [0.25, 0.3) is 0 Å². The molecule has 1 aromatic carbocycles. The third kappa shape index (κ3) is 4.32. The fourth-order valence-electron chi connectivity index (χ4n) is 3.50. The number of imidazole rings is 1. The standard InChI is InChI=1S/C19H23BrFN3O2/c1-12-6-15(7-13(2)26-12)24(19(25)18-10-23(3)11-22-18)9-14-4-5-17(21)16(20)8-14/h4-5,8,10-13,15H,6-7,9H2,1-3H3.